The van der Waals surface area contributed by atoms with Crippen molar-refractivity contribution in [1.82, 2.24) is 20.0 Å². The van der Waals surface area contributed by atoms with E-state index < -0.39 is 0 Å². The van der Waals surface area contributed by atoms with Crippen LogP contribution in [-0.4, -0.2) is 39.9 Å². The summed E-state index contributed by atoms with van der Waals surface area (Å²) < 4.78 is 2.14. The molecule has 0 saturated carbocycles. The SMILES string of the molecule is CCn1nc(C)cc1CN1CCC(CNC(C)(C)C)CC1. The molecule has 0 amide bonds. The minimum atomic E-state index is 0.238. The molecule has 1 aliphatic rings. The standard InChI is InChI=1S/C17H32N4/c1-6-21-16(11-14(2)19-21)13-20-9-7-15(8-10-20)12-18-17(3,4)5/h11,15,18H,6-10,12-13H2,1-5H3. The van der Waals surface area contributed by atoms with Crippen molar-refractivity contribution in [2.45, 2.75) is 66.1 Å². The second-order valence-electron chi connectivity index (χ2n) is 7.44. The molecule has 0 aliphatic carbocycles. The smallest absolute Gasteiger partial charge is 0.0597 e. The minimum Gasteiger partial charge on any atom is -0.312 e. The van der Waals surface area contributed by atoms with E-state index in [1.54, 1.807) is 0 Å². The first-order chi connectivity index (χ1) is 9.87. The number of nitrogens with zero attached hydrogens (tertiary/aromatic N) is 3. The van der Waals surface area contributed by atoms with Crippen LogP contribution in [-0.2, 0) is 13.1 Å². The number of hydrogen-bond donors (Lipinski definition) is 1. The first-order valence-corrected chi connectivity index (χ1v) is 8.38. The van der Waals surface area contributed by atoms with E-state index in [1.165, 1.54) is 31.6 Å². The van der Waals surface area contributed by atoms with E-state index in [1.807, 2.05) is 0 Å². The molecule has 1 N–H and O–H groups in total. The molecule has 4 nitrogen and oxygen atoms in total. The molecule has 0 aromatic carbocycles. The van der Waals surface area contributed by atoms with Gasteiger partial charge in [0.1, 0.15) is 0 Å². The fourth-order valence-electron chi connectivity index (χ4n) is 3.03. The van der Waals surface area contributed by atoms with Gasteiger partial charge < -0.3 is 5.32 Å². The molecule has 2 rings (SSSR count). The highest BCUT2D eigenvalue weighted by Gasteiger charge is 2.21. The van der Waals surface area contributed by atoms with Gasteiger partial charge in [-0.1, -0.05) is 0 Å². The summed E-state index contributed by atoms with van der Waals surface area (Å²) in [6.45, 7) is 16.6. The van der Waals surface area contributed by atoms with Crippen LogP contribution >= 0.6 is 0 Å². The van der Waals surface area contributed by atoms with Crippen molar-refractivity contribution in [3.8, 4) is 0 Å². The van der Waals surface area contributed by atoms with Gasteiger partial charge in [-0.2, -0.15) is 5.10 Å². The van der Waals surface area contributed by atoms with Gasteiger partial charge in [-0.05, 0) is 79.1 Å². The van der Waals surface area contributed by atoms with Gasteiger partial charge in [0.25, 0.3) is 0 Å². The largest absolute Gasteiger partial charge is 0.312 e. The molecule has 0 bridgehead atoms. The van der Waals surface area contributed by atoms with Crippen LogP contribution in [0.5, 0.6) is 0 Å². The number of piperidine rings is 1. The molecular formula is C17H32N4. The minimum absolute atomic E-state index is 0.238. The Kier molecular flexibility index (Phi) is 5.44. The van der Waals surface area contributed by atoms with Crippen LogP contribution in [0, 0.1) is 12.8 Å². The lowest BCUT2D eigenvalue weighted by Crippen LogP contribution is -2.42. The summed E-state index contributed by atoms with van der Waals surface area (Å²) in [6, 6.07) is 2.23. The summed E-state index contributed by atoms with van der Waals surface area (Å²) in [5, 5.41) is 8.19. The summed E-state index contributed by atoms with van der Waals surface area (Å²) >= 11 is 0. The van der Waals surface area contributed by atoms with E-state index in [2.05, 4.69) is 60.7 Å². The highest BCUT2D eigenvalue weighted by molar-refractivity contribution is 5.09. The van der Waals surface area contributed by atoms with Gasteiger partial charge in [-0.15, -0.1) is 0 Å². The monoisotopic (exact) mass is 292 g/mol. The van der Waals surface area contributed by atoms with E-state index in [0.29, 0.717) is 0 Å². The van der Waals surface area contributed by atoms with Crippen molar-refractivity contribution in [2.24, 2.45) is 5.92 Å². The normalized spacial score (nSPS) is 18.3. The lowest BCUT2D eigenvalue weighted by atomic mass is 9.95. The molecule has 1 aliphatic heterocycles. The maximum absolute atomic E-state index is 4.55. The zero-order valence-electron chi connectivity index (χ0n) is 14.4. The Labute approximate surface area is 129 Å². The Hall–Kier alpha value is -0.870. The second kappa shape index (κ2) is 6.93. The van der Waals surface area contributed by atoms with Crippen LogP contribution in [0.2, 0.25) is 0 Å². The molecule has 1 fully saturated rings. The maximum atomic E-state index is 4.55. The predicted molar refractivity (Wildman–Crippen MR) is 88.4 cm³/mol. The number of rotatable bonds is 5. The molecule has 0 spiro atoms. The molecule has 0 atom stereocenters. The number of aromatic nitrogens is 2. The summed E-state index contributed by atoms with van der Waals surface area (Å²) in [5.74, 6) is 0.832. The summed E-state index contributed by atoms with van der Waals surface area (Å²) in [5.41, 5.74) is 2.74. The van der Waals surface area contributed by atoms with E-state index in [9.17, 15) is 0 Å². The molecule has 120 valence electrons. The highest BCUT2D eigenvalue weighted by atomic mass is 15.3. The van der Waals surface area contributed by atoms with Crippen LogP contribution in [0.25, 0.3) is 0 Å². The molecule has 1 aromatic rings. The zero-order chi connectivity index (χ0) is 15.5. The summed E-state index contributed by atoms with van der Waals surface area (Å²) in [7, 11) is 0. The molecule has 0 radical (unpaired) electrons. The van der Waals surface area contributed by atoms with Gasteiger partial charge in [-0.3, -0.25) is 9.58 Å². The Bertz CT molecular complexity index is 436. The number of likely N-dealkylation sites (tertiary alicyclic amines) is 1. The van der Waals surface area contributed by atoms with Crippen LogP contribution in [0.4, 0.5) is 0 Å². The van der Waals surface area contributed by atoms with Gasteiger partial charge in [0, 0.05) is 18.6 Å². The van der Waals surface area contributed by atoms with Gasteiger partial charge >= 0.3 is 0 Å². The van der Waals surface area contributed by atoms with Crippen molar-refractivity contribution < 1.29 is 0 Å². The Morgan fingerprint density at radius 2 is 1.95 bits per heavy atom. The lowest BCUT2D eigenvalue weighted by molar-refractivity contribution is 0.166. The first-order valence-electron chi connectivity index (χ1n) is 8.38. The predicted octanol–water partition coefficient (Wildman–Crippen LogP) is 2.81. The fraction of sp³-hybridized carbons (Fsp3) is 0.824. The third-order valence-corrected chi connectivity index (χ3v) is 4.30. The van der Waals surface area contributed by atoms with Crippen molar-refractivity contribution in [1.29, 1.82) is 0 Å². The van der Waals surface area contributed by atoms with Crippen LogP contribution in [0.3, 0.4) is 0 Å². The second-order valence-corrected chi connectivity index (χ2v) is 7.44. The van der Waals surface area contributed by atoms with Crippen molar-refractivity contribution in [2.75, 3.05) is 19.6 Å². The van der Waals surface area contributed by atoms with E-state index in [0.717, 1.165) is 31.2 Å². The Balaban J connectivity index is 1.79. The third kappa shape index (κ3) is 5.11. The first kappa shape index (κ1) is 16.5. The van der Waals surface area contributed by atoms with Crippen molar-refractivity contribution >= 4 is 0 Å². The van der Waals surface area contributed by atoms with Gasteiger partial charge in [0.15, 0.2) is 0 Å². The average Bonchev–Trinajstić information content (AvgIpc) is 2.77. The summed E-state index contributed by atoms with van der Waals surface area (Å²) in [4.78, 5) is 2.58. The Morgan fingerprint density at radius 3 is 2.52 bits per heavy atom. The van der Waals surface area contributed by atoms with Gasteiger partial charge in [0.05, 0.1) is 11.4 Å². The van der Waals surface area contributed by atoms with Crippen molar-refractivity contribution in [3.05, 3.63) is 17.5 Å². The molecule has 0 unspecified atom stereocenters. The highest BCUT2D eigenvalue weighted by Crippen LogP contribution is 2.19. The molecule has 21 heavy (non-hydrogen) atoms. The Morgan fingerprint density at radius 1 is 1.29 bits per heavy atom. The number of nitrogens with one attached hydrogen (secondary N) is 1. The molecule has 4 heteroatoms. The van der Waals surface area contributed by atoms with Gasteiger partial charge in [-0.25, -0.2) is 0 Å². The lowest BCUT2D eigenvalue weighted by Gasteiger charge is -2.33. The summed E-state index contributed by atoms with van der Waals surface area (Å²) in [6.07, 6.45) is 2.62. The fourth-order valence-corrected chi connectivity index (χ4v) is 3.03. The zero-order valence-corrected chi connectivity index (χ0v) is 14.4. The number of aryl methyl sites for hydroxylation is 2. The topological polar surface area (TPSA) is 33.1 Å². The number of hydrogen-bond acceptors (Lipinski definition) is 3. The third-order valence-electron chi connectivity index (χ3n) is 4.30. The average molecular weight is 292 g/mol. The molecule has 2 heterocycles. The van der Waals surface area contributed by atoms with Gasteiger partial charge in [0.2, 0.25) is 0 Å². The maximum Gasteiger partial charge on any atom is 0.0597 e. The van der Waals surface area contributed by atoms with E-state index in [-0.39, 0.29) is 5.54 Å². The van der Waals surface area contributed by atoms with Crippen molar-refractivity contribution in [3.63, 3.8) is 0 Å². The quantitative estimate of drug-likeness (QED) is 0.906. The molecular weight excluding hydrogens is 260 g/mol. The van der Waals surface area contributed by atoms with Crippen LogP contribution in [0.15, 0.2) is 6.07 Å². The molecule has 1 saturated heterocycles. The molecule has 1 aromatic heterocycles. The van der Waals surface area contributed by atoms with E-state index in [4.69, 9.17) is 0 Å². The van der Waals surface area contributed by atoms with Crippen LogP contribution < -0.4 is 5.32 Å². The van der Waals surface area contributed by atoms with Crippen LogP contribution in [0.1, 0.15) is 51.9 Å². The van der Waals surface area contributed by atoms with E-state index >= 15 is 0 Å².